The molecule has 1 N–H and O–H groups in total. The lowest BCUT2D eigenvalue weighted by molar-refractivity contribution is -0.121. The molecule has 0 bridgehead atoms. The molecule has 1 amide bonds. The predicted octanol–water partition coefficient (Wildman–Crippen LogP) is 2.08. The summed E-state index contributed by atoms with van der Waals surface area (Å²) in [5.41, 5.74) is 0. The first-order chi connectivity index (χ1) is 5.24. The zero-order valence-electron chi connectivity index (χ0n) is 7.19. The van der Waals surface area contributed by atoms with Crippen LogP contribution in [0.4, 0.5) is 0 Å². The molecular weight excluding hydrogens is 206 g/mol. The topological polar surface area (TPSA) is 29.1 Å². The Labute approximate surface area is 76.9 Å². The van der Waals surface area contributed by atoms with E-state index in [1.54, 1.807) is 0 Å². The van der Waals surface area contributed by atoms with Crippen LogP contribution in [0.25, 0.3) is 0 Å². The number of carbonyl (C=O) groups excluding carboxylic acids is 1. The molecule has 0 aromatic rings. The highest BCUT2D eigenvalue weighted by Gasteiger charge is 2.06. The van der Waals surface area contributed by atoms with Gasteiger partial charge in [0.1, 0.15) is 0 Å². The fourth-order valence-electron chi connectivity index (χ4n) is 0.840. The maximum atomic E-state index is 10.9. The fraction of sp³-hybridized carbons (Fsp3) is 0.875. The van der Waals surface area contributed by atoms with E-state index in [-0.39, 0.29) is 5.91 Å². The molecule has 66 valence electrons. The minimum absolute atomic E-state index is 0.151. The normalized spacial score (nSPS) is 12.6. The number of rotatable bonds is 5. The highest BCUT2D eigenvalue weighted by atomic mass is 79.9. The number of carbonyl (C=O) groups is 1. The van der Waals surface area contributed by atoms with Crippen molar-refractivity contribution < 1.29 is 4.79 Å². The second-order valence-electron chi connectivity index (χ2n) is 2.50. The molecule has 0 heterocycles. The number of nitrogens with one attached hydrogen (secondary N) is 1. The summed E-state index contributed by atoms with van der Waals surface area (Å²) in [6.45, 7) is 3.96. The van der Waals surface area contributed by atoms with E-state index >= 15 is 0 Å². The molecule has 0 saturated carbocycles. The molecule has 0 aromatic carbocycles. The molecule has 3 heteroatoms. The van der Waals surface area contributed by atoms with Gasteiger partial charge in [0.15, 0.2) is 0 Å². The Kier molecular flexibility index (Phi) is 6.62. The van der Waals surface area contributed by atoms with E-state index in [1.807, 2.05) is 6.92 Å². The van der Waals surface area contributed by atoms with Crippen molar-refractivity contribution in [2.45, 2.75) is 39.2 Å². The first-order valence-electron chi connectivity index (χ1n) is 4.09. The van der Waals surface area contributed by atoms with Gasteiger partial charge in [0.05, 0.1) is 0 Å². The van der Waals surface area contributed by atoms with Gasteiger partial charge in [-0.3, -0.25) is 4.79 Å². The zero-order valence-corrected chi connectivity index (χ0v) is 8.78. The number of hydrogen-bond acceptors (Lipinski definition) is 1. The van der Waals surface area contributed by atoms with Gasteiger partial charge in [-0.1, -0.05) is 29.8 Å². The van der Waals surface area contributed by atoms with Gasteiger partial charge >= 0.3 is 0 Å². The van der Waals surface area contributed by atoms with E-state index in [0.29, 0.717) is 12.5 Å². The summed E-state index contributed by atoms with van der Waals surface area (Å²) >= 11 is 3.35. The summed E-state index contributed by atoms with van der Waals surface area (Å²) in [4.78, 5) is 10.9. The molecule has 0 rings (SSSR count). The standard InChI is InChI=1S/C8H16BrNO/c1-3-7(5-6-9)10-8(11)4-2/h7H,3-6H2,1-2H3,(H,10,11). The van der Waals surface area contributed by atoms with Crippen molar-refractivity contribution in [2.24, 2.45) is 0 Å². The predicted molar refractivity (Wildman–Crippen MR) is 50.9 cm³/mol. The molecule has 0 aliphatic rings. The molecule has 0 aromatic heterocycles. The van der Waals surface area contributed by atoms with E-state index < -0.39 is 0 Å². The Morgan fingerprint density at radius 3 is 2.55 bits per heavy atom. The summed E-state index contributed by atoms with van der Waals surface area (Å²) in [7, 11) is 0. The monoisotopic (exact) mass is 221 g/mol. The highest BCUT2D eigenvalue weighted by Crippen LogP contribution is 2.00. The van der Waals surface area contributed by atoms with Crippen LogP contribution in [0.1, 0.15) is 33.1 Å². The van der Waals surface area contributed by atoms with Crippen LogP contribution in [-0.2, 0) is 4.79 Å². The minimum atomic E-state index is 0.151. The molecule has 0 radical (unpaired) electrons. The van der Waals surface area contributed by atoms with Gasteiger partial charge in [-0.2, -0.15) is 0 Å². The third-order valence-electron chi connectivity index (χ3n) is 1.64. The van der Waals surface area contributed by atoms with Crippen LogP contribution in [0.15, 0.2) is 0 Å². The molecule has 0 saturated heterocycles. The second kappa shape index (κ2) is 6.65. The molecule has 2 nitrogen and oxygen atoms in total. The Balaban J connectivity index is 3.58. The first-order valence-corrected chi connectivity index (χ1v) is 5.22. The van der Waals surface area contributed by atoms with Crippen molar-refractivity contribution in [2.75, 3.05) is 5.33 Å². The molecule has 0 fully saturated rings. The van der Waals surface area contributed by atoms with Crippen molar-refractivity contribution in [1.29, 1.82) is 0 Å². The van der Waals surface area contributed by atoms with E-state index in [4.69, 9.17) is 0 Å². The van der Waals surface area contributed by atoms with Gasteiger partial charge in [-0.05, 0) is 12.8 Å². The summed E-state index contributed by atoms with van der Waals surface area (Å²) in [6, 6.07) is 0.349. The molecule has 11 heavy (non-hydrogen) atoms. The molecule has 1 unspecified atom stereocenters. The molecule has 0 aliphatic carbocycles. The third-order valence-corrected chi connectivity index (χ3v) is 2.09. The molecule has 0 spiro atoms. The van der Waals surface area contributed by atoms with Crippen LogP contribution in [0.2, 0.25) is 0 Å². The van der Waals surface area contributed by atoms with Crippen molar-refractivity contribution in [3.63, 3.8) is 0 Å². The third kappa shape index (κ3) is 5.24. The molecule has 0 aliphatic heterocycles. The average Bonchev–Trinajstić information content (AvgIpc) is 2.03. The number of alkyl halides is 1. The summed E-state index contributed by atoms with van der Waals surface area (Å²) in [5, 5.41) is 3.90. The molecule has 1 atom stereocenters. The van der Waals surface area contributed by atoms with Gasteiger partial charge in [-0.25, -0.2) is 0 Å². The van der Waals surface area contributed by atoms with E-state index in [9.17, 15) is 4.79 Å². The largest absolute Gasteiger partial charge is 0.353 e. The van der Waals surface area contributed by atoms with E-state index in [0.717, 1.165) is 18.2 Å². The SMILES string of the molecule is CCC(=O)NC(CC)CCBr. The van der Waals surface area contributed by atoms with Gasteiger partial charge in [0.2, 0.25) is 5.91 Å². The van der Waals surface area contributed by atoms with Crippen LogP contribution >= 0.6 is 15.9 Å². The Morgan fingerprint density at radius 1 is 1.55 bits per heavy atom. The van der Waals surface area contributed by atoms with Crippen molar-refractivity contribution in [1.82, 2.24) is 5.32 Å². The number of amides is 1. The maximum absolute atomic E-state index is 10.9. The van der Waals surface area contributed by atoms with Gasteiger partial charge in [-0.15, -0.1) is 0 Å². The minimum Gasteiger partial charge on any atom is -0.353 e. The summed E-state index contributed by atoms with van der Waals surface area (Å²) in [6.07, 6.45) is 2.61. The molecular formula is C8H16BrNO. The lowest BCUT2D eigenvalue weighted by Crippen LogP contribution is -2.33. The van der Waals surface area contributed by atoms with Crippen molar-refractivity contribution in [3.05, 3.63) is 0 Å². The summed E-state index contributed by atoms with van der Waals surface area (Å²) < 4.78 is 0. The fourth-order valence-corrected chi connectivity index (χ4v) is 1.39. The van der Waals surface area contributed by atoms with Crippen LogP contribution in [0, 0.1) is 0 Å². The second-order valence-corrected chi connectivity index (χ2v) is 3.30. The van der Waals surface area contributed by atoms with Crippen LogP contribution in [-0.4, -0.2) is 17.3 Å². The van der Waals surface area contributed by atoms with Crippen LogP contribution in [0.3, 0.4) is 0 Å². The Morgan fingerprint density at radius 2 is 2.18 bits per heavy atom. The lowest BCUT2D eigenvalue weighted by Gasteiger charge is -2.14. The van der Waals surface area contributed by atoms with E-state index in [1.165, 1.54) is 0 Å². The van der Waals surface area contributed by atoms with Gasteiger partial charge in [0, 0.05) is 17.8 Å². The van der Waals surface area contributed by atoms with Crippen molar-refractivity contribution in [3.8, 4) is 0 Å². The van der Waals surface area contributed by atoms with Gasteiger partial charge < -0.3 is 5.32 Å². The number of hydrogen-bond donors (Lipinski definition) is 1. The average molecular weight is 222 g/mol. The van der Waals surface area contributed by atoms with Crippen LogP contribution in [0.5, 0.6) is 0 Å². The van der Waals surface area contributed by atoms with Crippen molar-refractivity contribution >= 4 is 21.8 Å². The Bertz CT molecular complexity index is 117. The van der Waals surface area contributed by atoms with Crippen LogP contribution < -0.4 is 5.32 Å². The lowest BCUT2D eigenvalue weighted by atomic mass is 10.2. The Hall–Kier alpha value is -0.0500. The number of halogens is 1. The highest BCUT2D eigenvalue weighted by molar-refractivity contribution is 9.09. The zero-order chi connectivity index (χ0) is 8.69. The van der Waals surface area contributed by atoms with E-state index in [2.05, 4.69) is 28.2 Å². The first kappa shape index (κ1) is 11.0. The quantitative estimate of drug-likeness (QED) is 0.709. The smallest absolute Gasteiger partial charge is 0.219 e. The summed E-state index contributed by atoms with van der Waals surface area (Å²) in [5.74, 6) is 0.151. The van der Waals surface area contributed by atoms with Gasteiger partial charge in [0.25, 0.3) is 0 Å². The maximum Gasteiger partial charge on any atom is 0.219 e.